The maximum absolute atomic E-state index is 13.0. The maximum Gasteiger partial charge on any atom is 0.429 e. The van der Waals surface area contributed by atoms with Gasteiger partial charge in [-0.3, -0.25) is 9.35 Å². The van der Waals surface area contributed by atoms with Gasteiger partial charge in [-0.25, -0.2) is 0 Å². The third-order valence-electron chi connectivity index (χ3n) is 3.79. The molecule has 2 rings (SSSR count). The van der Waals surface area contributed by atoms with Crippen LogP contribution in [0.15, 0.2) is 0 Å². The van der Waals surface area contributed by atoms with Crippen molar-refractivity contribution < 1.29 is 40.4 Å². The monoisotopic (exact) mass is 332 g/mol. The molecule has 0 saturated carbocycles. The summed E-state index contributed by atoms with van der Waals surface area (Å²) in [6, 6.07) is 0. The molecule has 2 saturated heterocycles. The first-order valence-corrected chi connectivity index (χ1v) is 7.92. The van der Waals surface area contributed by atoms with Gasteiger partial charge in [-0.2, -0.15) is 21.6 Å². The third-order valence-corrected chi connectivity index (χ3v) is 4.71. The summed E-state index contributed by atoms with van der Waals surface area (Å²) in [6.45, 7) is 0.423. The summed E-state index contributed by atoms with van der Waals surface area (Å²) in [5.74, 6) is -3.71. The topological polar surface area (TPSA) is 89.9 Å². The molecular formula is C11H15F3O6S. The molecular weight excluding hydrogens is 317 g/mol. The molecule has 4 atom stereocenters. The number of carbonyl (C=O) groups excluding carboxylic acids is 1. The van der Waals surface area contributed by atoms with E-state index in [0.717, 1.165) is 6.42 Å². The van der Waals surface area contributed by atoms with Crippen molar-refractivity contribution in [2.75, 3.05) is 5.75 Å². The molecule has 10 heteroatoms. The zero-order valence-electron chi connectivity index (χ0n) is 11.1. The Morgan fingerprint density at radius 1 is 1.38 bits per heavy atom. The number of fused-ring (bicyclic) bond motifs is 2. The van der Waals surface area contributed by atoms with Crippen molar-refractivity contribution in [2.45, 2.75) is 50.2 Å². The van der Waals surface area contributed by atoms with Gasteiger partial charge < -0.3 is 9.47 Å². The second kappa shape index (κ2) is 5.10. The Balaban J connectivity index is 2.14. The fraction of sp³-hybridized carbons (Fsp3) is 0.909. The average Bonchev–Trinajstić information content (AvgIpc) is 2.85. The van der Waals surface area contributed by atoms with E-state index in [4.69, 9.17) is 9.29 Å². The summed E-state index contributed by atoms with van der Waals surface area (Å²) in [5.41, 5.74) is -3.29. The lowest BCUT2D eigenvalue weighted by molar-refractivity contribution is -0.258. The lowest BCUT2D eigenvalue weighted by atomic mass is 9.89. The Morgan fingerprint density at radius 2 is 2.00 bits per heavy atom. The Bertz CT molecular complexity index is 531. The normalized spacial score (nSPS) is 32.0. The minimum Gasteiger partial charge on any atom is -0.448 e. The molecule has 1 N–H and O–H groups in total. The summed E-state index contributed by atoms with van der Waals surface area (Å²) in [7, 11) is -4.97. The Morgan fingerprint density at radius 3 is 2.38 bits per heavy atom. The molecule has 122 valence electrons. The van der Waals surface area contributed by atoms with E-state index in [0.29, 0.717) is 13.3 Å². The van der Waals surface area contributed by atoms with Gasteiger partial charge in [-0.15, -0.1) is 0 Å². The molecule has 0 aromatic rings. The summed E-state index contributed by atoms with van der Waals surface area (Å²) in [4.78, 5) is 11.9. The second-order valence-electron chi connectivity index (χ2n) is 5.59. The van der Waals surface area contributed by atoms with E-state index in [2.05, 4.69) is 4.74 Å². The smallest absolute Gasteiger partial charge is 0.429 e. The van der Waals surface area contributed by atoms with Crippen LogP contribution in [0, 0.1) is 5.92 Å². The van der Waals surface area contributed by atoms with Crippen LogP contribution >= 0.6 is 0 Å². The second-order valence-corrected chi connectivity index (χ2v) is 7.04. The molecule has 2 heterocycles. The van der Waals surface area contributed by atoms with Gasteiger partial charge in [0.05, 0.1) is 18.1 Å². The predicted molar refractivity (Wildman–Crippen MR) is 63.0 cm³/mol. The van der Waals surface area contributed by atoms with Crippen molar-refractivity contribution in [1.82, 2.24) is 0 Å². The van der Waals surface area contributed by atoms with Gasteiger partial charge >= 0.3 is 12.1 Å². The van der Waals surface area contributed by atoms with Crippen molar-refractivity contribution in [1.29, 1.82) is 0 Å². The fourth-order valence-electron chi connectivity index (χ4n) is 2.70. The Hall–Kier alpha value is -0.870. The summed E-state index contributed by atoms with van der Waals surface area (Å²) in [6.07, 6.45) is -4.20. The first kappa shape index (κ1) is 16.5. The molecule has 2 aliphatic rings. The SMILES string of the molecule is CC(CS(=O)(=O)O)(OC(=O)C1CC2CCC1O2)C(F)(F)F. The fourth-order valence-corrected chi connectivity index (χ4v) is 3.62. The van der Waals surface area contributed by atoms with Gasteiger partial charge in [0, 0.05) is 0 Å². The molecule has 2 aliphatic heterocycles. The van der Waals surface area contributed by atoms with Gasteiger partial charge in [-0.05, 0) is 26.2 Å². The van der Waals surface area contributed by atoms with Gasteiger partial charge in [0.25, 0.3) is 10.1 Å². The van der Waals surface area contributed by atoms with E-state index in [1.165, 1.54) is 0 Å². The molecule has 0 radical (unpaired) electrons. The van der Waals surface area contributed by atoms with Crippen LogP contribution in [0.4, 0.5) is 13.2 Å². The van der Waals surface area contributed by atoms with Crippen LogP contribution in [-0.2, 0) is 24.4 Å². The Labute approximate surface area is 119 Å². The zero-order chi connectivity index (χ0) is 16.1. The molecule has 0 aromatic carbocycles. The van der Waals surface area contributed by atoms with Crippen LogP contribution < -0.4 is 0 Å². The number of halogens is 3. The zero-order valence-corrected chi connectivity index (χ0v) is 11.9. The van der Waals surface area contributed by atoms with E-state index in [1.807, 2.05) is 0 Å². The van der Waals surface area contributed by atoms with Crippen LogP contribution in [0.3, 0.4) is 0 Å². The predicted octanol–water partition coefficient (Wildman–Crippen LogP) is 1.31. The van der Waals surface area contributed by atoms with Gasteiger partial charge in [-0.1, -0.05) is 0 Å². The van der Waals surface area contributed by atoms with Crippen molar-refractivity contribution in [3.8, 4) is 0 Å². The standard InChI is InChI=1S/C11H15F3O6S/c1-10(11(12,13)14,5-21(16,17)18)20-9(15)7-4-6-2-3-8(7)19-6/h6-8H,2-5H2,1H3,(H,16,17,18). The highest BCUT2D eigenvalue weighted by Crippen LogP contribution is 2.41. The quantitative estimate of drug-likeness (QED) is 0.617. The van der Waals surface area contributed by atoms with Crippen LogP contribution in [-0.4, -0.2) is 48.7 Å². The molecule has 21 heavy (non-hydrogen) atoms. The molecule has 2 bridgehead atoms. The van der Waals surface area contributed by atoms with E-state index in [9.17, 15) is 26.4 Å². The first-order chi connectivity index (χ1) is 9.41. The maximum atomic E-state index is 13.0. The van der Waals surface area contributed by atoms with Crippen molar-refractivity contribution >= 4 is 16.1 Å². The molecule has 6 nitrogen and oxygen atoms in total. The molecule has 4 unspecified atom stereocenters. The number of esters is 1. The van der Waals surface area contributed by atoms with Crippen molar-refractivity contribution in [3.05, 3.63) is 0 Å². The van der Waals surface area contributed by atoms with E-state index in [-0.39, 0.29) is 12.5 Å². The first-order valence-electron chi connectivity index (χ1n) is 6.31. The molecule has 2 fully saturated rings. The number of carbonyl (C=O) groups is 1. The highest BCUT2D eigenvalue weighted by molar-refractivity contribution is 7.85. The minimum absolute atomic E-state index is 0.161. The number of rotatable bonds is 4. The van der Waals surface area contributed by atoms with E-state index in [1.54, 1.807) is 0 Å². The van der Waals surface area contributed by atoms with Gasteiger partial charge in [0.2, 0.25) is 5.60 Å². The van der Waals surface area contributed by atoms with Gasteiger partial charge in [0.15, 0.2) is 0 Å². The number of hydrogen-bond acceptors (Lipinski definition) is 5. The molecule has 0 amide bonds. The number of alkyl halides is 3. The van der Waals surface area contributed by atoms with Gasteiger partial charge in [0.1, 0.15) is 5.75 Å². The number of ether oxygens (including phenoxy) is 2. The lowest BCUT2D eigenvalue weighted by Gasteiger charge is -2.32. The summed E-state index contributed by atoms with van der Waals surface area (Å²) >= 11 is 0. The van der Waals surface area contributed by atoms with Crippen molar-refractivity contribution in [2.24, 2.45) is 5.92 Å². The highest BCUT2D eigenvalue weighted by atomic mass is 32.2. The molecule has 0 spiro atoms. The Kier molecular flexibility index (Phi) is 4.00. The van der Waals surface area contributed by atoms with E-state index >= 15 is 0 Å². The molecule has 0 aromatic heterocycles. The van der Waals surface area contributed by atoms with Crippen LogP contribution in [0.5, 0.6) is 0 Å². The van der Waals surface area contributed by atoms with Crippen LogP contribution in [0.2, 0.25) is 0 Å². The summed E-state index contributed by atoms with van der Waals surface area (Å²) < 4.78 is 78.9. The van der Waals surface area contributed by atoms with E-state index < -0.39 is 45.6 Å². The number of hydrogen-bond donors (Lipinski definition) is 1. The van der Waals surface area contributed by atoms with Crippen molar-refractivity contribution in [3.63, 3.8) is 0 Å². The average molecular weight is 332 g/mol. The minimum atomic E-state index is -5.13. The van der Waals surface area contributed by atoms with Crippen LogP contribution in [0.25, 0.3) is 0 Å². The lowest BCUT2D eigenvalue weighted by Crippen LogP contribution is -2.52. The third kappa shape index (κ3) is 3.49. The summed E-state index contributed by atoms with van der Waals surface area (Å²) in [5, 5.41) is 0. The largest absolute Gasteiger partial charge is 0.448 e. The molecule has 0 aliphatic carbocycles. The van der Waals surface area contributed by atoms with Crippen LogP contribution in [0.1, 0.15) is 26.2 Å². The highest BCUT2D eigenvalue weighted by Gasteiger charge is 2.58.